The Labute approximate surface area is 219 Å². The van der Waals surface area contributed by atoms with E-state index in [1.165, 1.54) is 13.2 Å². The largest absolute Gasteiger partial charge is 0.507 e. The quantitative estimate of drug-likeness (QED) is 0.296. The number of fused-ring (bicyclic) bond motifs is 1. The molecule has 0 unspecified atom stereocenters. The van der Waals surface area contributed by atoms with Gasteiger partial charge < -0.3 is 25.0 Å². The van der Waals surface area contributed by atoms with Gasteiger partial charge in [0.25, 0.3) is 0 Å². The van der Waals surface area contributed by atoms with Crippen LogP contribution in [0.5, 0.6) is 11.5 Å². The Morgan fingerprint density at radius 1 is 1.28 bits per heavy atom. The maximum Gasteiger partial charge on any atom is 0.339 e. The van der Waals surface area contributed by atoms with Crippen molar-refractivity contribution in [2.75, 3.05) is 26.0 Å². The van der Waals surface area contributed by atoms with Gasteiger partial charge in [0.2, 0.25) is 5.91 Å². The Morgan fingerprint density at radius 2 is 1.97 bits per heavy atom. The number of ether oxygens (including phenoxy) is 2. The van der Waals surface area contributed by atoms with Crippen molar-refractivity contribution < 1.29 is 38.9 Å². The molecule has 2 atom stereocenters. The molecule has 2 aromatic carbocycles. The van der Waals surface area contributed by atoms with Crippen LogP contribution in [0.1, 0.15) is 31.8 Å². The fraction of sp³-hybridized carbons (Fsp3) is 0.333. The fourth-order valence-corrected chi connectivity index (χ4v) is 4.91. The summed E-state index contributed by atoms with van der Waals surface area (Å²) >= 11 is 4.42. The molecule has 0 aliphatic carbocycles. The number of aliphatic carboxylic acids is 1. The smallest absolute Gasteiger partial charge is 0.339 e. The van der Waals surface area contributed by atoms with Crippen molar-refractivity contribution >= 4 is 51.3 Å². The van der Waals surface area contributed by atoms with Gasteiger partial charge in [0, 0.05) is 38.7 Å². The highest BCUT2D eigenvalue weighted by Gasteiger charge is 2.30. The number of hydrogen-bond acceptors (Lipinski definition) is 9. The van der Waals surface area contributed by atoms with E-state index in [1.807, 2.05) is 0 Å². The second-order valence-corrected chi connectivity index (χ2v) is 9.90. The Balaban J connectivity index is 1.88. The van der Waals surface area contributed by atoms with Crippen LogP contribution in [0.2, 0.25) is 0 Å². The van der Waals surface area contributed by atoms with Crippen molar-refractivity contribution in [3.05, 3.63) is 57.1 Å². The topological polar surface area (TPSA) is 151 Å². The lowest BCUT2D eigenvalue weighted by molar-refractivity contribution is -0.141. The summed E-state index contributed by atoms with van der Waals surface area (Å²) in [6, 6.07) is 5.57. The number of phenols is 1. The molecule has 4 N–H and O–H groups in total. The molecule has 0 bridgehead atoms. The molecule has 1 aliphatic rings. The number of amides is 1. The van der Waals surface area contributed by atoms with Crippen molar-refractivity contribution in [2.45, 2.75) is 24.8 Å². The van der Waals surface area contributed by atoms with Gasteiger partial charge in [-0.3, -0.25) is 14.9 Å². The first kappa shape index (κ1) is 27.5. The highest BCUT2D eigenvalue weighted by atomic mass is 79.9. The van der Waals surface area contributed by atoms with Gasteiger partial charge in [-0.2, -0.15) is 11.8 Å². The number of carboxylic acid groups (broad SMARTS) is 1. The van der Waals surface area contributed by atoms with Gasteiger partial charge >= 0.3 is 11.9 Å². The minimum atomic E-state index is -1.25. The molecule has 0 aromatic heterocycles. The predicted octanol–water partition coefficient (Wildman–Crippen LogP) is 2.29. The summed E-state index contributed by atoms with van der Waals surface area (Å²) in [6.45, 7) is 0.900. The molecule has 3 rings (SSSR count). The van der Waals surface area contributed by atoms with E-state index < -0.39 is 36.5 Å². The Hall–Kier alpha value is -3.09. The summed E-state index contributed by atoms with van der Waals surface area (Å²) in [5.41, 5.74) is 1.19. The monoisotopic (exact) mass is 580 g/mol. The molecule has 1 aliphatic heterocycles. The van der Waals surface area contributed by atoms with Crippen molar-refractivity contribution in [3.63, 3.8) is 0 Å². The number of Topliss-reactive ketones (excluding diaryl/α,β-unsaturated/α-hetero) is 1. The van der Waals surface area contributed by atoms with Gasteiger partial charge in [0.15, 0.2) is 5.78 Å². The number of carbonyl (C=O) groups is 4. The van der Waals surface area contributed by atoms with Gasteiger partial charge in [-0.05, 0) is 19.1 Å². The summed E-state index contributed by atoms with van der Waals surface area (Å²) in [7, 11) is 1.40. The summed E-state index contributed by atoms with van der Waals surface area (Å²) in [6.07, 6.45) is 0. The molecule has 2 aromatic rings. The molecule has 1 amide bonds. The summed E-state index contributed by atoms with van der Waals surface area (Å²) in [4.78, 5) is 50.3. The van der Waals surface area contributed by atoms with E-state index in [0.29, 0.717) is 11.1 Å². The summed E-state index contributed by atoms with van der Waals surface area (Å²) in [5.74, 6) is -2.92. The lowest BCUT2D eigenvalue weighted by atomic mass is 10.0. The molecule has 0 spiro atoms. The third kappa shape index (κ3) is 6.56. The third-order valence-electron chi connectivity index (χ3n) is 5.57. The Bertz CT molecular complexity index is 1170. The first-order valence-corrected chi connectivity index (χ1v) is 12.8. The van der Waals surface area contributed by atoms with Crippen LogP contribution in [0.15, 0.2) is 34.8 Å². The maximum atomic E-state index is 13.1. The number of rotatable bonds is 6. The van der Waals surface area contributed by atoms with E-state index >= 15 is 0 Å². The zero-order chi connectivity index (χ0) is 26.4. The molecule has 0 radical (unpaired) electrons. The van der Waals surface area contributed by atoms with E-state index in [1.54, 1.807) is 31.2 Å². The van der Waals surface area contributed by atoms with Crippen molar-refractivity contribution in [1.29, 1.82) is 0 Å². The van der Waals surface area contributed by atoms with Crippen LogP contribution in [-0.4, -0.2) is 71.9 Å². The van der Waals surface area contributed by atoms with Crippen LogP contribution >= 0.6 is 27.7 Å². The number of methoxy groups -OCH3 is 1. The molecule has 36 heavy (non-hydrogen) atoms. The average molecular weight is 581 g/mol. The molecular formula is C24H25BrN2O8S. The second-order valence-electron chi connectivity index (χ2n) is 7.95. The standard InChI is InChI=1S/C24H25BrN2O8S/c1-12-20(34-2)7-18(28)15-10-36-11-17(23(31)32)27-22(30)16(9-35-24(33)21(12)15)26-8-19(29)13-3-5-14(25)6-4-13/h3-7,16-17,26,28H,8-11H2,1-2H3,(H,27,30)(H,31,32)/t16-,17-/m0/s1. The summed E-state index contributed by atoms with van der Waals surface area (Å²) in [5, 5.41) is 25.3. The number of aromatic hydroxyl groups is 1. The first-order valence-electron chi connectivity index (χ1n) is 10.8. The SMILES string of the molecule is COc1cc(O)c2c(c1C)C(=O)OC[C@H](NCC(=O)c1ccc(Br)cc1)C(=O)N[C@H](C(=O)O)CSC2. The second kappa shape index (κ2) is 12.2. The molecule has 0 saturated carbocycles. The Morgan fingerprint density at radius 3 is 2.61 bits per heavy atom. The Kier molecular flexibility index (Phi) is 9.35. The number of esters is 1. The van der Waals surface area contributed by atoms with Crippen molar-refractivity contribution in [3.8, 4) is 11.5 Å². The van der Waals surface area contributed by atoms with E-state index in [4.69, 9.17) is 9.47 Å². The number of carboxylic acids is 1. The highest BCUT2D eigenvalue weighted by molar-refractivity contribution is 9.10. The van der Waals surface area contributed by atoms with E-state index in [9.17, 15) is 29.4 Å². The number of benzene rings is 2. The average Bonchev–Trinajstić information content (AvgIpc) is 2.84. The van der Waals surface area contributed by atoms with Gasteiger partial charge in [-0.15, -0.1) is 0 Å². The third-order valence-corrected chi connectivity index (χ3v) is 7.16. The van der Waals surface area contributed by atoms with E-state index in [2.05, 4.69) is 26.6 Å². The zero-order valence-corrected chi connectivity index (χ0v) is 21.9. The van der Waals surface area contributed by atoms with E-state index in [0.717, 1.165) is 16.2 Å². The zero-order valence-electron chi connectivity index (χ0n) is 19.5. The molecule has 10 nitrogen and oxygen atoms in total. The normalized spacial score (nSPS) is 18.6. The molecule has 192 valence electrons. The molecule has 0 fully saturated rings. The van der Waals surface area contributed by atoms with Crippen molar-refractivity contribution in [1.82, 2.24) is 10.6 Å². The number of carbonyl (C=O) groups excluding carboxylic acids is 3. The van der Waals surface area contributed by atoms with Crippen LogP contribution in [0.3, 0.4) is 0 Å². The molecule has 1 heterocycles. The molecule has 12 heteroatoms. The van der Waals surface area contributed by atoms with Gasteiger partial charge in [0.1, 0.15) is 30.2 Å². The highest BCUT2D eigenvalue weighted by Crippen LogP contribution is 2.35. The van der Waals surface area contributed by atoms with Crippen molar-refractivity contribution in [2.24, 2.45) is 0 Å². The minimum Gasteiger partial charge on any atom is -0.507 e. The van der Waals surface area contributed by atoms with Gasteiger partial charge in [-0.1, -0.05) is 28.1 Å². The lowest BCUT2D eigenvalue weighted by Crippen LogP contribution is -2.54. The number of halogens is 1. The maximum absolute atomic E-state index is 13.1. The number of cyclic esters (lactones) is 1. The predicted molar refractivity (Wildman–Crippen MR) is 136 cm³/mol. The van der Waals surface area contributed by atoms with E-state index in [-0.39, 0.29) is 46.5 Å². The number of thioether (sulfide) groups is 1. The van der Waals surface area contributed by atoms with Crippen LogP contribution in [0, 0.1) is 6.92 Å². The van der Waals surface area contributed by atoms with Crippen LogP contribution in [0.4, 0.5) is 0 Å². The van der Waals surface area contributed by atoms with Crippen LogP contribution in [0.25, 0.3) is 0 Å². The van der Waals surface area contributed by atoms with Gasteiger partial charge in [0.05, 0.1) is 19.2 Å². The number of phenolic OH excluding ortho intramolecular Hbond substituents is 1. The molecule has 0 saturated heterocycles. The first-order chi connectivity index (χ1) is 17.1. The number of nitrogens with one attached hydrogen (secondary N) is 2. The minimum absolute atomic E-state index is 0.0232. The van der Waals surface area contributed by atoms with Gasteiger partial charge in [-0.25, -0.2) is 9.59 Å². The summed E-state index contributed by atoms with van der Waals surface area (Å²) < 4.78 is 11.5. The number of hydrogen-bond donors (Lipinski definition) is 4. The molecular weight excluding hydrogens is 556 g/mol. The van der Waals surface area contributed by atoms with Crippen LogP contribution < -0.4 is 15.4 Å². The fourth-order valence-electron chi connectivity index (χ4n) is 3.57. The van der Waals surface area contributed by atoms with Crippen LogP contribution in [-0.2, 0) is 20.1 Å². The lowest BCUT2D eigenvalue weighted by Gasteiger charge is -2.23. The number of ketones is 1.